The lowest BCUT2D eigenvalue weighted by atomic mass is 10.5. The lowest BCUT2D eigenvalue weighted by molar-refractivity contribution is 0.377. The Hall–Kier alpha value is -1.89. The van der Waals surface area contributed by atoms with Crippen LogP contribution in [-0.4, -0.2) is 38.4 Å². The van der Waals surface area contributed by atoms with E-state index in [0.29, 0.717) is 16.9 Å². The van der Waals surface area contributed by atoms with Gasteiger partial charge in [-0.25, -0.2) is 4.68 Å². The van der Waals surface area contributed by atoms with Gasteiger partial charge in [0.15, 0.2) is 0 Å². The van der Waals surface area contributed by atoms with Crippen molar-refractivity contribution in [2.75, 3.05) is 19.0 Å². The second-order valence-electron chi connectivity index (χ2n) is 3.48. The van der Waals surface area contributed by atoms with Gasteiger partial charge in [0.25, 0.3) is 5.95 Å². The Bertz CT molecular complexity index is 529. The largest absolute Gasteiger partial charge is 0.467 e. The maximum absolute atomic E-state index is 5.81. The second kappa shape index (κ2) is 5.63. The van der Waals surface area contributed by atoms with E-state index in [1.807, 2.05) is 0 Å². The molecule has 2 aromatic heterocycles. The number of aromatic nitrogens is 5. The summed E-state index contributed by atoms with van der Waals surface area (Å²) in [5, 5.41) is 7.61. The predicted octanol–water partition coefficient (Wildman–Crippen LogP) is 1.54. The summed E-state index contributed by atoms with van der Waals surface area (Å²) in [5.74, 6) is 0.803. The molecule has 0 radical (unpaired) electrons. The molecule has 0 aliphatic rings. The van der Waals surface area contributed by atoms with Crippen LogP contribution >= 0.6 is 11.6 Å². The number of methoxy groups -OCH3 is 1. The quantitative estimate of drug-likeness (QED) is 0.886. The molecular formula is C10H13ClN6O. The Labute approximate surface area is 109 Å². The number of rotatable bonds is 5. The number of ether oxygens (including phenoxy) is 1. The van der Waals surface area contributed by atoms with Gasteiger partial charge in [0, 0.05) is 6.54 Å². The monoisotopic (exact) mass is 268 g/mol. The van der Waals surface area contributed by atoms with Crippen LogP contribution in [0.5, 0.6) is 6.01 Å². The van der Waals surface area contributed by atoms with E-state index in [1.54, 1.807) is 6.20 Å². The van der Waals surface area contributed by atoms with Crippen molar-refractivity contribution in [2.45, 2.75) is 13.3 Å². The topological polar surface area (TPSA) is 77.8 Å². The fraction of sp³-hybridized carbons (Fsp3) is 0.400. The van der Waals surface area contributed by atoms with Crippen molar-refractivity contribution < 1.29 is 4.74 Å². The highest BCUT2D eigenvalue weighted by Crippen LogP contribution is 2.12. The van der Waals surface area contributed by atoms with E-state index in [-0.39, 0.29) is 6.01 Å². The highest BCUT2D eigenvalue weighted by Gasteiger charge is 2.09. The maximum atomic E-state index is 5.81. The van der Waals surface area contributed by atoms with Gasteiger partial charge in [0.1, 0.15) is 0 Å². The minimum atomic E-state index is 0.227. The van der Waals surface area contributed by atoms with Crippen LogP contribution in [0.25, 0.3) is 5.95 Å². The molecule has 1 N–H and O–H groups in total. The summed E-state index contributed by atoms with van der Waals surface area (Å²) in [6, 6.07) is 0.227. The van der Waals surface area contributed by atoms with Crippen molar-refractivity contribution in [1.82, 2.24) is 24.7 Å². The Balaban J connectivity index is 2.34. The van der Waals surface area contributed by atoms with Gasteiger partial charge in [-0.3, -0.25) is 0 Å². The van der Waals surface area contributed by atoms with Gasteiger partial charge in [0.05, 0.1) is 24.5 Å². The Kier molecular flexibility index (Phi) is 3.93. The van der Waals surface area contributed by atoms with Crippen LogP contribution in [-0.2, 0) is 0 Å². The number of hydrogen-bond donors (Lipinski definition) is 1. The Morgan fingerprint density at radius 3 is 2.83 bits per heavy atom. The average molecular weight is 269 g/mol. The minimum absolute atomic E-state index is 0.227. The van der Waals surface area contributed by atoms with Gasteiger partial charge in [-0.05, 0) is 6.42 Å². The van der Waals surface area contributed by atoms with E-state index >= 15 is 0 Å². The lowest BCUT2D eigenvalue weighted by Crippen LogP contribution is -2.10. The lowest BCUT2D eigenvalue weighted by Gasteiger charge is -2.06. The third-order valence-corrected chi connectivity index (χ3v) is 2.27. The van der Waals surface area contributed by atoms with Gasteiger partial charge >= 0.3 is 6.01 Å². The van der Waals surface area contributed by atoms with Gasteiger partial charge in [-0.2, -0.15) is 20.1 Å². The van der Waals surface area contributed by atoms with E-state index in [1.165, 1.54) is 18.0 Å². The van der Waals surface area contributed by atoms with Crippen molar-refractivity contribution in [3.05, 3.63) is 17.4 Å². The van der Waals surface area contributed by atoms with Crippen molar-refractivity contribution in [3.63, 3.8) is 0 Å². The average Bonchev–Trinajstić information content (AvgIpc) is 2.82. The molecule has 0 fully saturated rings. The molecular weight excluding hydrogens is 256 g/mol. The van der Waals surface area contributed by atoms with Crippen molar-refractivity contribution >= 4 is 17.5 Å². The summed E-state index contributed by atoms with van der Waals surface area (Å²) >= 11 is 5.81. The van der Waals surface area contributed by atoms with Crippen LogP contribution in [0.4, 0.5) is 5.95 Å². The molecule has 7 nitrogen and oxygen atoms in total. The molecule has 0 aromatic carbocycles. The number of hydrogen-bond acceptors (Lipinski definition) is 6. The van der Waals surface area contributed by atoms with E-state index in [4.69, 9.17) is 16.3 Å². The van der Waals surface area contributed by atoms with E-state index in [0.717, 1.165) is 13.0 Å². The first-order valence-corrected chi connectivity index (χ1v) is 5.85. The fourth-order valence-corrected chi connectivity index (χ4v) is 1.40. The molecule has 96 valence electrons. The molecule has 0 aliphatic heterocycles. The van der Waals surface area contributed by atoms with Crippen LogP contribution in [0, 0.1) is 0 Å². The van der Waals surface area contributed by atoms with Crippen LogP contribution < -0.4 is 10.1 Å². The van der Waals surface area contributed by atoms with E-state index in [9.17, 15) is 0 Å². The molecule has 0 unspecified atom stereocenters. The first-order chi connectivity index (χ1) is 8.72. The maximum Gasteiger partial charge on any atom is 0.322 e. The molecule has 18 heavy (non-hydrogen) atoms. The number of nitrogens with one attached hydrogen (secondary N) is 1. The highest BCUT2D eigenvalue weighted by molar-refractivity contribution is 6.30. The van der Waals surface area contributed by atoms with E-state index < -0.39 is 0 Å². The molecule has 0 aliphatic carbocycles. The Morgan fingerprint density at radius 2 is 2.22 bits per heavy atom. The van der Waals surface area contributed by atoms with Gasteiger partial charge in [-0.1, -0.05) is 18.5 Å². The molecule has 2 rings (SSSR count). The summed E-state index contributed by atoms with van der Waals surface area (Å²) in [6.45, 7) is 2.83. The van der Waals surface area contributed by atoms with Crippen LogP contribution in [0.15, 0.2) is 12.4 Å². The number of halogens is 1. The van der Waals surface area contributed by atoms with Crippen molar-refractivity contribution in [3.8, 4) is 12.0 Å². The molecule has 0 atom stereocenters. The summed E-state index contributed by atoms with van der Waals surface area (Å²) in [5.41, 5.74) is 0. The molecule has 2 aromatic rings. The summed E-state index contributed by atoms with van der Waals surface area (Å²) in [7, 11) is 1.50. The summed E-state index contributed by atoms with van der Waals surface area (Å²) < 4.78 is 6.49. The first kappa shape index (κ1) is 12.6. The third kappa shape index (κ3) is 2.86. The molecule has 0 saturated carbocycles. The Morgan fingerprint density at radius 1 is 1.39 bits per heavy atom. The molecule has 0 amide bonds. The smallest absolute Gasteiger partial charge is 0.322 e. The SMILES string of the molecule is CCCNc1nc(OC)nc(-n2cc(Cl)cn2)n1. The van der Waals surface area contributed by atoms with Crippen LogP contribution in [0.3, 0.4) is 0 Å². The zero-order valence-electron chi connectivity index (χ0n) is 10.1. The molecule has 2 heterocycles. The fourth-order valence-electron chi connectivity index (χ4n) is 1.27. The predicted molar refractivity (Wildman–Crippen MR) is 67.3 cm³/mol. The van der Waals surface area contributed by atoms with Crippen molar-refractivity contribution in [1.29, 1.82) is 0 Å². The second-order valence-corrected chi connectivity index (χ2v) is 3.91. The zero-order valence-corrected chi connectivity index (χ0v) is 10.8. The van der Waals surface area contributed by atoms with Crippen LogP contribution in [0.1, 0.15) is 13.3 Å². The molecule has 0 bridgehead atoms. The zero-order chi connectivity index (χ0) is 13.0. The van der Waals surface area contributed by atoms with Gasteiger partial charge in [-0.15, -0.1) is 0 Å². The normalized spacial score (nSPS) is 10.4. The summed E-state index contributed by atoms with van der Waals surface area (Å²) in [6.07, 6.45) is 4.09. The van der Waals surface area contributed by atoms with Crippen LogP contribution in [0.2, 0.25) is 5.02 Å². The van der Waals surface area contributed by atoms with Crippen molar-refractivity contribution in [2.24, 2.45) is 0 Å². The number of nitrogens with zero attached hydrogens (tertiary/aromatic N) is 5. The minimum Gasteiger partial charge on any atom is -0.467 e. The third-order valence-electron chi connectivity index (χ3n) is 2.07. The van der Waals surface area contributed by atoms with Gasteiger partial charge < -0.3 is 10.1 Å². The molecule has 0 spiro atoms. The first-order valence-electron chi connectivity index (χ1n) is 5.47. The van der Waals surface area contributed by atoms with E-state index in [2.05, 4.69) is 32.3 Å². The number of anilines is 1. The summed E-state index contributed by atoms with van der Waals surface area (Å²) in [4.78, 5) is 12.4. The molecule has 8 heteroatoms. The highest BCUT2D eigenvalue weighted by atomic mass is 35.5. The van der Waals surface area contributed by atoms with Gasteiger partial charge in [0.2, 0.25) is 5.95 Å². The standard InChI is InChI=1S/C10H13ClN6O/c1-3-4-12-8-14-9(16-10(15-8)18-2)17-6-7(11)5-13-17/h5-6H,3-4H2,1-2H3,(H,12,14,15,16). The molecule has 0 saturated heterocycles.